The second kappa shape index (κ2) is 8.80. The van der Waals surface area contributed by atoms with Crippen molar-refractivity contribution in [2.45, 2.75) is 19.9 Å². The van der Waals surface area contributed by atoms with Gasteiger partial charge in [-0.15, -0.1) is 0 Å². The van der Waals surface area contributed by atoms with Gasteiger partial charge in [0.25, 0.3) is 0 Å². The summed E-state index contributed by atoms with van der Waals surface area (Å²) < 4.78 is 0. The van der Waals surface area contributed by atoms with E-state index in [0.717, 1.165) is 11.3 Å². The lowest BCUT2D eigenvalue weighted by Crippen LogP contribution is -2.31. The van der Waals surface area contributed by atoms with E-state index in [1.807, 2.05) is 42.2 Å². The molecule has 0 saturated heterocycles. The summed E-state index contributed by atoms with van der Waals surface area (Å²) in [7, 11) is 0. The third-order valence-corrected chi connectivity index (χ3v) is 3.92. The summed E-state index contributed by atoms with van der Waals surface area (Å²) in [6, 6.07) is 15.3. The first-order valence-electron chi connectivity index (χ1n) is 7.60. The minimum absolute atomic E-state index is 0.122. The van der Waals surface area contributed by atoms with Crippen LogP contribution in [-0.4, -0.2) is 23.9 Å². The van der Waals surface area contributed by atoms with Gasteiger partial charge in [-0.2, -0.15) is 0 Å². The Morgan fingerprint density at radius 1 is 1.09 bits per heavy atom. The van der Waals surface area contributed by atoms with Gasteiger partial charge >= 0.3 is 0 Å². The number of rotatable bonds is 7. The molecule has 2 aromatic rings. The van der Waals surface area contributed by atoms with Crippen LogP contribution in [0, 0.1) is 0 Å². The van der Waals surface area contributed by atoms with Crippen molar-refractivity contribution >= 4 is 34.8 Å². The molecule has 0 aliphatic rings. The number of benzene rings is 2. The summed E-state index contributed by atoms with van der Waals surface area (Å²) in [5, 5.41) is 4.33. The zero-order valence-corrected chi connectivity index (χ0v) is 14.6. The highest BCUT2D eigenvalue weighted by atomic mass is 35.5. The monoisotopic (exact) mass is 350 g/mol. The highest BCUT2D eigenvalue weighted by Gasteiger charge is 2.11. The van der Waals surface area contributed by atoms with E-state index in [1.54, 1.807) is 18.2 Å². The molecule has 122 valence electrons. The number of amides is 1. The van der Waals surface area contributed by atoms with E-state index < -0.39 is 0 Å². The van der Waals surface area contributed by atoms with Crippen molar-refractivity contribution in [2.24, 2.45) is 0 Å². The summed E-state index contributed by atoms with van der Waals surface area (Å²) in [4.78, 5) is 14.2. The zero-order valence-electron chi connectivity index (χ0n) is 13.1. The van der Waals surface area contributed by atoms with Gasteiger partial charge in [-0.3, -0.25) is 4.79 Å². The van der Waals surface area contributed by atoms with E-state index >= 15 is 0 Å². The maximum absolute atomic E-state index is 12.3. The number of carbonyl (C=O) groups is 1. The summed E-state index contributed by atoms with van der Waals surface area (Å²) in [6.45, 7) is 3.86. The molecule has 0 saturated carbocycles. The molecule has 1 N–H and O–H groups in total. The predicted molar refractivity (Wildman–Crippen MR) is 97.1 cm³/mol. The molecule has 0 aromatic heterocycles. The van der Waals surface area contributed by atoms with Gasteiger partial charge < -0.3 is 10.2 Å². The molecule has 0 unspecified atom stereocenters. The van der Waals surface area contributed by atoms with Crippen LogP contribution in [0.4, 0.5) is 5.69 Å². The fourth-order valence-corrected chi connectivity index (χ4v) is 2.83. The van der Waals surface area contributed by atoms with Crippen LogP contribution < -0.4 is 5.32 Å². The fourth-order valence-electron chi connectivity index (χ4n) is 2.31. The molecule has 0 atom stereocenters. The van der Waals surface area contributed by atoms with Gasteiger partial charge in [0.05, 0.1) is 0 Å². The molecule has 0 spiro atoms. The lowest BCUT2D eigenvalue weighted by molar-refractivity contribution is -0.131. The summed E-state index contributed by atoms with van der Waals surface area (Å²) in [5.41, 5.74) is 1.96. The number of nitrogens with zero attached hydrogens (tertiary/aromatic N) is 1. The summed E-state index contributed by atoms with van der Waals surface area (Å²) in [5.74, 6) is 0.122. The SMILES string of the molecule is CCN(Cc1ccccc1)C(=O)CCNc1cc(Cl)cc(Cl)c1. The van der Waals surface area contributed by atoms with Gasteiger partial charge in [0.1, 0.15) is 0 Å². The number of anilines is 1. The lowest BCUT2D eigenvalue weighted by Gasteiger charge is -2.21. The first kappa shape index (κ1) is 17.6. The van der Waals surface area contributed by atoms with Gasteiger partial charge in [-0.1, -0.05) is 53.5 Å². The summed E-state index contributed by atoms with van der Waals surface area (Å²) >= 11 is 11.9. The molecule has 2 rings (SSSR count). The van der Waals surface area contributed by atoms with Gasteiger partial charge in [0.2, 0.25) is 5.91 Å². The van der Waals surface area contributed by atoms with E-state index in [-0.39, 0.29) is 5.91 Å². The molecule has 0 radical (unpaired) electrons. The Morgan fingerprint density at radius 2 is 1.74 bits per heavy atom. The molecule has 0 bridgehead atoms. The second-order valence-electron chi connectivity index (χ2n) is 5.23. The second-order valence-corrected chi connectivity index (χ2v) is 6.10. The van der Waals surface area contributed by atoms with Crippen molar-refractivity contribution < 1.29 is 4.79 Å². The number of halogens is 2. The molecule has 3 nitrogen and oxygen atoms in total. The molecular weight excluding hydrogens is 331 g/mol. The van der Waals surface area contributed by atoms with Gasteiger partial charge in [-0.25, -0.2) is 0 Å². The fraction of sp³-hybridized carbons (Fsp3) is 0.278. The van der Waals surface area contributed by atoms with Crippen LogP contribution in [0.15, 0.2) is 48.5 Å². The Bertz CT molecular complexity index is 626. The average molecular weight is 351 g/mol. The van der Waals surface area contributed by atoms with Crippen LogP contribution in [0.2, 0.25) is 10.0 Å². The number of hydrogen-bond acceptors (Lipinski definition) is 2. The average Bonchev–Trinajstić information content (AvgIpc) is 2.52. The minimum atomic E-state index is 0.122. The van der Waals surface area contributed by atoms with Crippen LogP contribution in [0.1, 0.15) is 18.9 Å². The topological polar surface area (TPSA) is 32.3 Å². The molecule has 1 amide bonds. The molecule has 0 aliphatic heterocycles. The minimum Gasteiger partial charge on any atom is -0.384 e. The molecule has 0 aliphatic carbocycles. The van der Waals surface area contributed by atoms with E-state index in [4.69, 9.17) is 23.2 Å². The number of hydrogen-bond donors (Lipinski definition) is 1. The lowest BCUT2D eigenvalue weighted by atomic mass is 10.2. The van der Waals surface area contributed by atoms with Crippen LogP contribution in [0.25, 0.3) is 0 Å². The highest BCUT2D eigenvalue weighted by Crippen LogP contribution is 2.22. The molecule has 5 heteroatoms. The smallest absolute Gasteiger partial charge is 0.224 e. The largest absolute Gasteiger partial charge is 0.384 e. The molecule has 0 fully saturated rings. The predicted octanol–water partition coefficient (Wildman–Crippen LogP) is 4.84. The zero-order chi connectivity index (χ0) is 16.7. The quantitative estimate of drug-likeness (QED) is 0.774. The Balaban J connectivity index is 1.85. The van der Waals surface area contributed by atoms with Crippen molar-refractivity contribution in [3.8, 4) is 0 Å². The van der Waals surface area contributed by atoms with Crippen LogP contribution in [0.3, 0.4) is 0 Å². The van der Waals surface area contributed by atoms with Gasteiger partial charge in [0, 0.05) is 41.8 Å². The molecule has 0 heterocycles. The Kier molecular flexibility index (Phi) is 6.75. The van der Waals surface area contributed by atoms with Crippen molar-refractivity contribution in [3.05, 3.63) is 64.1 Å². The molecular formula is C18H20Cl2N2O. The van der Waals surface area contributed by atoms with Crippen LogP contribution in [-0.2, 0) is 11.3 Å². The third-order valence-electron chi connectivity index (χ3n) is 3.48. The molecule has 2 aromatic carbocycles. The Hall–Kier alpha value is -1.71. The van der Waals surface area contributed by atoms with Crippen molar-refractivity contribution in [3.63, 3.8) is 0 Å². The van der Waals surface area contributed by atoms with Crippen molar-refractivity contribution in [1.82, 2.24) is 4.90 Å². The van der Waals surface area contributed by atoms with E-state index in [2.05, 4.69) is 5.32 Å². The van der Waals surface area contributed by atoms with E-state index in [0.29, 0.717) is 36.1 Å². The van der Waals surface area contributed by atoms with Gasteiger partial charge in [0.15, 0.2) is 0 Å². The molecule has 23 heavy (non-hydrogen) atoms. The Morgan fingerprint density at radius 3 is 2.35 bits per heavy atom. The Labute approximate surface area is 147 Å². The first-order valence-corrected chi connectivity index (χ1v) is 8.35. The first-order chi connectivity index (χ1) is 11.1. The normalized spacial score (nSPS) is 10.4. The maximum Gasteiger partial charge on any atom is 0.224 e. The van der Waals surface area contributed by atoms with Crippen LogP contribution in [0.5, 0.6) is 0 Å². The maximum atomic E-state index is 12.3. The van der Waals surface area contributed by atoms with E-state index in [9.17, 15) is 4.79 Å². The number of carbonyl (C=O) groups excluding carboxylic acids is 1. The number of nitrogens with one attached hydrogen (secondary N) is 1. The standard InChI is InChI=1S/C18H20Cl2N2O/c1-2-22(13-14-6-4-3-5-7-14)18(23)8-9-21-17-11-15(19)10-16(20)12-17/h3-7,10-12,21H,2,8-9,13H2,1H3. The summed E-state index contributed by atoms with van der Waals surface area (Å²) in [6.07, 6.45) is 0.421. The van der Waals surface area contributed by atoms with Crippen molar-refractivity contribution in [1.29, 1.82) is 0 Å². The third kappa shape index (κ3) is 5.77. The van der Waals surface area contributed by atoms with Crippen molar-refractivity contribution in [2.75, 3.05) is 18.4 Å². The van der Waals surface area contributed by atoms with Gasteiger partial charge in [-0.05, 0) is 30.7 Å². The highest BCUT2D eigenvalue weighted by molar-refractivity contribution is 6.35. The van der Waals surface area contributed by atoms with E-state index in [1.165, 1.54) is 0 Å². The van der Waals surface area contributed by atoms with Crippen LogP contribution >= 0.6 is 23.2 Å².